The minimum absolute atomic E-state index is 0.245. The molecule has 0 unspecified atom stereocenters. The SMILES string of the molecule is CC(C)CC(=O)NC(=O)NCc1ccccc1. The van der Waals surface area contributed by atoms with Crippen molar-refractivity contribution in [2.24, 2.45) is 5.92 Å². The number of urea groups is 1. The number of hydrogen-bond acceptors (Lipinski definition) is 2. The van der Waals surface area contributed by atoms with E-state index in [4.69, 9.17) is 0 Å². The third-order valence-electron chi connectivity index (χ3n) is 2.14. The van der Waals surface area contributed by atoms with Gasteiger partial charge in [-0.05, 0) is 11.5 Å². The molecule has 0 saturated carbocycles. The molecule has 0 aliphatic heterocycles. The topological polar surface area (TPSA) is 58.2 Å². The zero-order valence-corrected chi connectivity index (χ0v) is 10.2. The predicted molar refractivity (Wildman–Crippen MR) is 66.3 cm³/mol. The lowest BCUT2D eigenvalue weighted by atomic mass is 10.1. The van der Waals surface area contributed by atoms with Crippen LogP contribution in [0.4, 0.5) is 4.79 Å². The van der Waals surface area contributed by atoms with Crippen LogP contribution in [0.2, 0.25) is 0 Å². The summed E-state index contributed by atoms with van der Waals surface area (Å²) in [6, 6.07) is 9.10. The Bertz CT molecular complexity index is 374. The molecular weight excluding hydrogens is 216 g/mol. The first kappa shape index (κ1) is 13.2. The number of amides is 3. The first-order valence-corrected chi connectivity index (χ1v) is 5.69. The quantitative estimate of drug-likeness (QED) is 0.837. The van der Waals surface area contributed by atoms with Gasteiger partial charge in [0.2, 0.25) is 5.91 Å². The third-order valence-corrected chi connectivity index (χ3v) is 2.14. The molecule has 2 N–H and O–H groups in total. The van der Waals surface area contributed by atoms with Gasteiger partial charge in [0.15, 0.2) is 0 Å². The van der Waals surface area contributed by atoms with Crippen LogP contribution < -0.4 is 10.6 Å². The normalized spacial score (nSPS) is 10.1. The zero-order valence-electron chi connectivity index (χ0n) is 10.2. The van der Waals surface area contributed by atoms with Gasteiger partial charge < -0.3 is 5.32 Å². The lowest BCUT2D eigenvalue weighted by Crippen LogP contribution is -2.39. The van der Waals surface area contributed by atoms with E-state index in [2.05, 4.69) is 10.6 Å². The van der Waals surface area contributed by atoms with Crippen molar-refractivity contribution in [3.05, 3.63) is 35.9 Å². The van der Waals surface area contributed by atoms with Crippen molar-refractivity contribution in [3.63, 3.8) is 0 Å². The summed E-state index contributed by atoms with van der Waals surface area (Å²) in [5.41, 5.74) is 0.999. The summed E-state index contributed by atoms with van der Waals surface area (Å²) >= 11 is 0. The van der Waals surface area contributed by atoms with Gasteiger partial charge in [-0.15, -0.1) is 0 Å². The van der Waals surface area contributed by atoms with Gasteiger partial charge in [-0.3, -0.25) is 10.1 Å². The molecule has 0 fully saturated rings. The Morgan fingerprint density at radius 2 is 1.82 bits per heavy atom. The Labute approximate surface area is 101 Å². The fourth-order valence-electron chi connectivity index (χ4n) is 1.37. The molecule has 92 valence electrons. The van der Waals surface area contributed by atoms with Crippen molar-refractivity contribution < 1.29 is 9.59 Å². The van der Waals surface area contributed by atoms with Gasteiger partial charge in [0.25, 0.3) is 0 Å². The number of hydrogen-bond donors (Lipinski definition) is 2. The Kier molecular flexibility index (Phi) is 5.20. The van der Waals surface area contributed by atoms with Gasteiger partial charge in [-0.2, -0.15) is 0 Å². The van der Waals surface area contributed by atoms with Crippen LogP contribution in [-0.4, -0.2) is 11.9 Å². The number of imide groups is 1. The highest BCUT2D eigenvalue weighted by atomic mass is 16.2. The lowest BCUT2D eigenvalue weighted by Gasteiger charge is -2.07. The first-order chi connectivity index (χ1) is 8.08. The second-order valence-electron chi connectivity index (χ2n) is 4.31. The Hall–Kier alpha value is -1.84. The number of carbonyl (C=O) groups excluding carboxylic acids is 2. The van der Waals surface area contributed by atoms with Gasteiger partial charge in [0.05, 0.1) is 0 Å². The summed E-state index contributed by atoms with van der Waals surface area (Å²) in [5, 5.41) is 4.92. The fraction of sp³-hybridized carbons (Fsp3) is 0.385. The van der Waals surface area contributed by atoms with Gasteiger partial charge in [-0.25, -0.2) is 4.79 Å². The molecule has 4 nitrogen and oxygen atoms in total. The number of carbonyl (C=O) groups is 2. The van der Waals surface area contributed by atoms with Gasteiger partial charge in [-0.1, -0.05) is 44.2 Å². The van der Waals surface area contributed by atoms with Crippen molar-refractivity contribution in [1.29, 1.82) is 0 Å². The van der Waals surface area contributed by atoms with Crippen molar-refractivity contribution >= 4 is 11.9 Å². The van der Waals surface area contributed by atoms with E-state index in [1.54, 1.807) is 0 Å². The summed E-state index contributed by atoms with van der Waals surface area (Å²) in [5.74, 6) is 0.00230. The predicted octanol–water partition coefficient (Wildman–Crippen LogP) is 2.06. The fourth-order valence-corrected chi connectivity index (χ4v) is 1.37. The monoisotopic (exact) mass is 234 g/mol. The maximum absolute atomic E-state index is 11.4. The van der Waals surface area contributed by atoms with Crippen LogP contribution in [0.5, 0.6) is 0 Å². The molecule has 0 aliphatic carbocycles. The van der Waals surface area contributed by atoms with Crippen molar-refractivity contribution in [2.45, 2.75) is 26.8 Å². The Morgan fingerprint density at radius 1 is 1.18 bits per heavy atom. The average Bonchev–Trinajstić information content (AvgIpc) is 2.26. The molecular formula is C13H18N2O2. The van der Waals surface area contributed by atoms with Crippen LogP contribution >= 0.6 is 0 Å². The van der Waals surface area contributed by atoms with E-state index in [1.165, 1.54) is 0 Å². The lowest BCUT2D eigenvalue weighted by molar-refractivity contribution is -0.120. The summed E-state index contributed by atoms with van der Waals surface area (Å²) in [4.78, 5) is 22.7. The van der Waals surface area contributed by atoms with E-state index in [-0.39, 0.29) is 11.8 Å². The van der Waals surface area contributed by atoms with Crippen LogP contribution in [0.3, 0.4) is 0 Å². The highest BCUT2D eigenvalue weighted by Crippen LogP contribution is 1.99. The summed E-state index contributed by atoms with van der Waals surface area (Å²) in [6.45, 7) is 4.28. The molecule has 0 aromatic heterocycles. The summed E-state index contributed by atoms with van der Waals surface area (Å²) in [6.07, 6.45) is 0.360. The Morgan fingerprint density at radius 3 is 2.41 bits per heavy atom. The molecule has 3 amide bonds. The molecule has 0 heterocycles. The summed E-state index contributed by atoms with van der Waals surface area (Å²) < 4.78 is 0. The molecule has 1 aromatic rings. The molecule has 0 aliphatic rings. The maximum atomic E-state index is 11.4. The molecule has 0 atom stereocenters. The smallest absolute Gasteiger partial charge is 0.321 e. The minimum Gasteiger partial charge on any atom is -0.334 e. The van der Waals surface area contributed by atoms with E-state index in [0.29, 0.717) is 13.0 Å². The molecule has 1 rings (SSSR count). The molecule has 0 saturated heterocycles. The third kappa shape index (κ3) is 5.70. The second-order valence-corrected chi connectivity index (χ2v) is 4.31. The van der Waals surface area contributed by atoms with Gasteiger partial charge in [0, 0.05) is 13.0 Å². The van der Waals surface area contributed by atoms with E-state index in [0.717, 1.165) is 5.56 Å². The van der Waals surface area contributed by atoms with E-state index in [1.807, 2.05) is 44.2 Å². The number of rotatable bonds is 4. The molecule has 1 aromatic carbocycles. The number of nitrogens with one attached hydrogen (secondary N) is 2. The molecule has 0 spiro atoms. The zero-order chi connectivity index (χ0) is 12.7. The molecule has 4 heteroatoms. The van der Waals surface area contributed by atoms with Crippen molar-refractivity contribution in [2.75, 3.05) is 0 Å². The van der Waals surface area contributed by atoms with E-state index < -0.39 is 6.03 Å². The standard InChI is InChI=1S/C13H18N2O2/c1-10(2)8-12(16)15-13(17)14-9-11-6-4-3-5-7-11/h3-7,10H,8-9H2,1-2H3,(H2,14,15,16,17). The largest absolute Gasteiger partial charge is 0.334 e. The van der Waals surface area contributed by atoms with Crippen molar-refractivity contribution in [3.8, 4) is 0 Å². The minimum atomic E-state index is -0.445. The molecule has 0 bridgehead atoms. The van der Waals surface area contributed by atoms with E-state index >= 15 is 0 Å². The summed E-state index contributed by atoms with van der Waals surface area (Å²) in [7, 11) is 0. The van der Waals surface area contributed by atoms with Gasteiger partial charge >= 0.3 is 6.03 Å². The highest BCUT2D eigenvalue weighted by Gasteiger charge is 2.08. The van der Waals surface area contributed by atoms with Crippen LogP contribution in [-0.2, 0) is 11.3 Å². The maximum Gasteiger partial charge on any atom is 0.321 e. The average molecular weight is 234 g/mol. The van der Waals surface area contributed by atoms with Crippen LogP contribution in [0.1, 0.15) is 25.8 Å². The van der Waals surface area contributed by atoms with Crippen LogP contribution in [0.25, 0.3) is 0 Å². The first-order valence-electron chi connectivity index (χ1n) is 5.69. The number of benzene rings is 1. The van der Waals surface area contributed by atoms with Crippen LogP contribution in [0.15, 0.2) is 30.3 Å². The van der Waals surface area contributed by atoms with Crippen molar-refractivity contribution in [1.82, 2.24) is 10.6 Å². The molecule has 0 radical (unpaired) electrons. The van der Waals surface area contributed by atoms with Gasteiger partial charge in [0.1, 0.15) is 0 Å². The van der Waals surface area contributed by atoms with Crippen LogP contribution in [0, 0.1) is 5.92 Å². The highest BCUT2D eigenvalue weighted by molar-refractivity contribution is 5.94. The Balaban J connectivity index is 2.28. The second kappa shape index (κ2) is 6.68. The van der Waals surface area contributed by atoms with E-state index in [9.17, 15) is 9.59 Å². The molecule has 17 heavy (non-hydrogen) atoms.